The molecule has 2 heteroatoms. The Labute approximate surface area is 108 Å². The smallest absolute Gasteiger partial charge is 0.0527 e. The monoisotopic (exact) mass is 245 g/mol. The molecule has 0 fully saturated rings. The van der Waals surface area contributed by atoms with E-state index in [4.69, 9.17) is 4.99 Å². The maximum atomic E-state index is 4.82. The molecule has 0 atom stereocenters. The summed E-state index contributed by atoms with van der Waals surface area (Å²) in [6.07, 6.45) is 3.18. The summed E-state index contributed by atoms with van der Waals surface area (Å²) in [5.74, 6) is 0. The average Bonchev–Trinajstić information content (AvgIpc) is 2.24. The van der Waals surface area contributed by atoms with Gasteiger partial charge < -0.3 is 0 Å². The van der Waals surface area contributed by atoms with Gasteiger partial charge >= 0.3 is 0 Å². The summed E-state index contributed by atoms with van der Waals surface area (Å²) in [7, 11) is 0. The molecular formula is C15H19NS. The van der Waals surface area contributed by atoms with Gasteiger partial charge in [-0.1, -0.05) is 30.3 Å². The molecule has 0 aliphatic heterocycles. The molecule has 1 aromatic rings. The van der Waals surface area contributed by atoms with Gasteiger partial charge in [-0.25, -0.2) is 0 Å². The zero-order valence-electron chi connectivity index (χ0n) is 10.9. The van der Waals surface area contributed by atoms with Gasteiger partial charge in [0.2, 0.25) is 0 Å². The summed E-state index contributed by atoms with van der Waals surface area (Å²) in [4.78, 5) is 6.27. The Morgan fingerprint density at radius 1 is 1.12 bits per heavy atom. The van der Waals surface area contributed by atoms with Gasteiger partial charge in [-0.3, -0.25) is 4.99 Å². The molecule has 1 aromatic carbocycles. The highest BCUT2D eigenvalue weighted by atomic mass is 32.2. The largest absolute Gasteiger partial charge is 0.283 e. The highest BCUT2D eigenvalue weighted by molar-refractivity contribution is 8.02. The summed E-state index contributed by atoms with van der Waals surface area (Å²) in [5, 5.41) is 0. The molecule has 0 spiro atoms. The van der Waals surface area contributed by atoms with Crippen molar-refractivity contribution in [2.45, 2.75) is 32.7 Å². The Morgan fingerprint density at radius 2 is 1.76 bits per heavy atom. The molecule has 0 aromatic heterocycles. The van der Waals surface area contributed by atoms with Crippen LogP contribution in [-0.4, -0.2) is 17.5 Å². The molecule has 0 amide bonds. The van der Waals surface area contributed by atoms with Crippen LogP contribution in [0.2, 0.25) is 0 Å². The van der Waals surface area contributed by atoms with Crippen molar-refractivity contribution in [1.29, 1.82) is 0 Å². The molecular weight excluding hydrogens is 226 g/mol. The lowest BCUT2D eigenvalue weighted by molar-refractivity contribution is 0.583. The number of hydrogen-bond acceptors (Lipinski definition) is 2. The maximum Gasteiger partial charge on any atom is 0.0527 e. The van der Waals surface area contributed by atoms with Crippen LogP contribution >= 0.6 is 11.8 Å². The van der Waals surface area contributed by atoms with Crippen LogP contribution in [-0.2, 0) is 0 Å². The Kier molecular flexibility index (Phi) is 3.43. The molecule has 1 nitrogen and oxygen atoms in total. The fourth-order valence-electron chi connectivity index (χ4n) is 1.99. The van der Waals surface area contributed by atoms with Crippen LogP contribution < -0.4 is 0 Å². The third kappa shape index (κ3) is 2.81. The van der Waals surface area contributed by atoms with Gasteiger partial charge in [0, 0.05) is 22.6 Å². The van der Waals surface area contributed by atoms with Gasteiger partial charge in [-0.15, -0.1) is 11.8 Å². The lowest BCUT2D eigenvalue weighted by atomic mass is 9.88. The van der Waals surface area contributed by atoms with E-state index in [1.807, 2.05) is 11.8 Å². The fourth-order valence-corrected chi connectivity index (χ4v) is 2.71. The van der Waals surface area contributed by atoms with Gasteiger partial charge in [0.1, 0.15) is 0 Å². The lowest BCUT2D eigenvalue weighted by Gasteiger charge is -2.28. The van der Waals surface area contributed by atoms with Gasteiger partial charge in [-0.2, -0.15) is 0 Å². The predicted octanol–water partition coefficient (Wildman–Crippen LogP) is 4.40. The van der Waals surface area contributed by atoms with Gasteiger partial charge in [0.15, 0.2) is 0 Å². The molecule has 0 radical (unpaired) electrons. The van der Waals surface area contributed by atoms with Gasteiger partial charge in [-0.05, 0) is 32.6 Å². The van der Waals surface area contributed by atoms with Gasteiger partial charge in [0.25, 0.3) is 0 Å². The second kappa shape index (κ2) is 4.69. The standard InChI is InChI=1S/C15H19NS/c1-15(2,3)16-12-10-13(17-4)14(12)11-8-6-5-7-9-11/h5-9H,10H2,1-4H3. The molecule has 0 N–H and O–H groups in total. The van der Waals surface area contributed by atoms with E-state index in [0.717, 1.165) is 6.42 Å². The van der Waals surface area contributed by atoms with Crippen LogP contribution in [0.3, 0.4) is 0 Å². The van der Waals surface area contributed by atoms with E-state index in [1.165, 1.54) is 21.8 Å². The highest BCUT2D eigenvalue weighted by Gasteiger charge is 2.27. The Hall–Kier alpha value is -1.02. The second-order valence-corrected chi connectivity index (χ2v) is 6.18. The molecule has 1 aliphatic rings. The summed E-state index contributed by atoms with van der Waals surface area (Å²) >= 11 is 1.84. The quantitative estimate of drug-likeness (QED) is 0.752. The van der Waals surface area contributed by atoms with Crippen molar-refractivity contribution in [3.8, 4) is 0 Å². The zero-order chi connectivity index (χ0) is 12.5. The normalized spacial score (nSPS) is 18.5. The zero-order valence-corrected chi connectivity index (χ0v) is 11.8. The number of thioether (sulfide) groups is 1. The van der Waals surface area contributed by atoms with Crippen molar-refractivity contribution in [2.75, 3.05) is 6.26 Å². The molecule has 90 valence electrons. The molecule has 0 saturated heterocycles. The van der Waals surface area contributed by atoms with Crippen molar-refractivity contribution >= 4 is 23.0 Å². The number of hydrogen-bond donors (Lipinski definition) is 0. The third-order valence-corrected chi connectivity index (χ3v) is 3.52. The second-order valence-electron chi connectivity index (χ2n) is 5.27. The van der Waals surface area contributed by atoms with Crippen molar-refractivity contribution in [1.82, 2.24) is 0 Å². The number of allylic oxidation sites excluding steroid dienone is 2. The SMILES string of the molecule is CSC1=C(c2ccccc2)C(=NC(C)(C)C)C1. The Bertz CT molecular complexity index is 463. The topological polar surface area (TPSA) is 12.4 Å². The minimum Gasteiger partial charge on any atom is -0.283 e. The van der Waals surface area contributed by atoms with E-state index >= 15 is 0 Å². The molecule has 0 saturated carbocycles. The number of benzene rings is 1. The third-order valence-electron chi connectivity index (χ3n) is 2.67. The molecule has 17 heavy (non-hydrogen) atoms. The first kappa shape index (κ1) is 12.4. The first-order valence-corrected chi connectivity index (χ1v) is 7.15. The minimum atomic E-state index is 0.0132. The lowest BCUT2D eigenvalue weighted by Crippen LogP contribution is -2.21. The van der Waals surface area contributed by atoms with Crippen LogP contribution in [0.15, 0.2) is 40.2 Å². The van der Waals surface area contributed by atoms with Crippen LogP contribution in [0, 0.1) is 0 Å². The number of nitrogens with zero attached hydrogens (tertiary/aromatic N) is 1. The summed E-state index contributed by atoms with van der Waals surface area (Å²) in [5.41, 5.74) is 3.92. The maximum absolute atomic E-state index is 4.82. The minimum absolute atomic E-state index is 0.0132. The fraction of sp³-hybridized carbons (Fsp3) is 0.400. The van der Waals surface area contributed by atoms with E-state index in [0.29, 0.717) is 0 Å². The number of rotatable bonds is 2. The predicted molar refractivity (Wildman–Crippen MR) is 78.7 cm³/mol. The van der Waals surface area contributed by atoms with E-state index < -0.39 is 0 Å². The summed E-state index contributed by atoms with van der Waals surface area (Å²) in [6, 6.07) is 10.6. The highest BCUT2D eigenvalue weighted by Crippen LogP contribution is 2.40. The molecule has 2 rings (SSSR count). The Balaban J connectivity index is 2.39. The van der Waals surface area contributed by atoms with Crippen LogP contribution in [0.5, 0.6) is 0 Å². The molecule has 0 heterocycles. The van der Waals surface area contributed by atoms with Crippen LogP contribution in [0.4, 0.5) is 0 Å². The summed E-state index contributed by atoms with van der Waals surface area (Å²) < 4.78 is 0. The average molecular weight is 245 g/mol. The first-order valence-electron chi connectivity index (χ1n) is 5.93. The van der Waals surface area contributed by atoms with E-state index in [1.54, 1.807) is 0 Å². The molecule has 1 aliphatic carbocycles. The first-order chi connectivity index (χ1) is 8.01. The van der Waals surface area contributed by atoms with E-state index in [9.17, 15) is 0 Å². The van der Waals surface area contributed by atoms with Gasteiger partial charge in [0.05, 0.1) is 5.54 Å². The van der Waals surface area contributed by atoms with E-state index in [-0.39, 0.29) is 5.54 Å². The van der Waals surface area contributed by atoms with E-state index in [2.05, 4.69) is 57.4 Å². The van der Waals surface area contributed by atoms with Crippen molar-refractivity contribution in [3.63, 3.8) is 0 Å². The molecule has 0 bridgehead atoms. The van der Waals surface area contributed by atoms with Crippen molar-refractivity contribution < 1.29 is 0 Å². The Morgan fingerprint density at radius 3 is 2.29 bits per heavy atom. The number of aliphatic imine (C=N–C) groups is 1. The van der Waals surface area contributed by atoms with Crippen molar-refractivity contribution in [3.05, 3.63) is 40.8 Å². The molecule has 0 unspecified atom stereocenters. The van der Waals surface area contributed by atoms with Crippen molar-refractivity contribution in [2.24, 2.45) is 4.99 Å². The summed E-state index contributed by atoms with van der Waals surface area (Å²) in [6.45, 7) is 6.46. The van der Waals surface area contributed by atoms with Crippen LogP contribution in [0.1, 0.15) is 32.8 Å². The van der Waals surface area contributed by atoms with Crippen LogP contribution in [0.25, 0.3) is 5.57 Å².